The number of sulfone groups is 1. The summed E-state index contributed by atoms with van der Waals surface area (Å²) < 4.78 is 25.6. The molecule has 5 nitrogen and oxygen atoms in total. The number of aliphatic hydroxyl groups excluding tert-OH is 2. The van der Waals surface area contributed by atoms with Crippen molar-refractivity contribution in [2.24, 2.45) is 23.2 Å². The molecule has 1 aromatic heterocycles. The summed E-state index contributed by atoms with van der Waals surface area (Å²) in [5.74, 6) is 1.54. The minimum Gasteiger partial charge on any atom is -0.393 e. The van der Waals surface area contributed by atoms with Crippen molar-refractivity contribution in [3.8, 4) is 0 Å². The van der Waals surface area contributed by atoms with Crippen LogP contribution in [0.3, 0.4) is 0 Å². The fourth-order valence-corrected chi connectivity index (χ4v) is 8.34. The highest BCUT2D eigenvalue weighted by Gasteiger charge is 2.50. The molecule has 3 aliphatic rings. The third-order valence-electron chi connectivity index (χ3n) is 8.84. The van der Waals surface area contributed by atoms with Gasteiger partial charge in [0.25, 0.3) is 0 Å². The topological polar surface area (TPSA) is 87.5 Å². The molecule has 1 heterocycles. The molecule has 6 heteroatoms. The second-order valence-electron chi connectivity index (χ2n) is 10.9. The molecule has 0 radical (unpaired) electrons. The highest BCUT2D eigenvalue weighted by molar-refractivity contribution is 7.91. The van der Waals surface area contributed by atoms with Gasteiger partial charge in [-0.15, -0.1) is 0 Å². The standard InChI is InChI=1S/C28H39NO4S/c1-19(12-16-34(32,33)24-10-14-29-15-11-24)25-8-9-26-21(5-4-13-28(25,26)3)6-7-22-17-23(30)18-27(31)20(22)2/h6-7,10-11,14-15,19,23,25-27,30-31H,2,4-5,8-9,12-13,16-18H2,1,3H3/b21-6+,22-7-/t19-,23+,25?,26+,27-,28-/m1/s1. The second kappa shape index (κ2) is 10.1. The molecule has 4 rings (SSSR count). The predicted octanol–water partition coefficient (Wildman–Crippen LogP) is 5.02. The lowest BCUT2D eigenvalue weighted by Crippen LogP contribution is -2.36. The van der Waals surface area contributed by atoms with Gasteiger partial charge in [0.2, 0.25) is 0 Å². The molecular formula is C28H39NO4S. The molecular weight excluding hydrogens is 446 g/mol. The van der Waals surface area contributed by atoms with Crippen LogP contribution in [0.4, 0.5) is 0 Å². The Bertz CT molecular complexity index is 1060. The first-order valence-corrected chi connectivity index (χ1v) is 14.3. The van der Waals surface area contributed by atoms with Gasteiger partial charge in [0, 0.05) is 18.8 Å². The smallest absolute Gasteiger partial charge is 0.178 e. The lowest BCUT2D eigenvalue weighted by atomic mass is 9.61. The zero-order valence-electron chi connectivity index (χ0n) is 20.5. The van der Waals surface area contributed by atoms with Crippen LogP contribution in [0.25, 0.3) is 0 Å². The summed E-state index contributed by atoms with van der Waals surface area (Å²) >= 11 is 0. The number of nitrogens with zero attached hydrogens (tertiary/aromatic N) is 1. The highest BCUT2D eigenvalue weighted by Crippen LogP contribution is 2.59. The van der Waals surface area contributed by atoms with Crippen LogP contribution in [0.1, 0.15) is 65.2 Å². The number of allylic oxidation sites excluding steroid dienone is 3. The van der Waals surface area contributed by atoms with E-state index in [1.165, 1.54) is 24.4 Å². The molecule has 2 N–H and O–H groups in total. The van der Waals surface area contributed by atoms with Gasteiger partial charge in [0.05, 0.1) is 22.9 Å². The van der Waals surface area contributed by atoms with Gasteiger partial charge in [-0.05, 0) is 91.4 Å². The van der Waals surface area contributed by atoms with E-state index in [9.17, 15) is 18.6 Å². The third-order valence-corrected chi connectivity index (χ3v) is 10.6. The van der Waals surface area contributed by atoms with Crippen LogP contribution >= 0.6 is 0 Å². The summed E-state index contributed by atoms with van der Waals surface area (Å²) in [6.45, 7) is 8.69. The summed E-state index contributed by atoms with van der Waals surface area (Å²) in [5.41, 5.74) is 3.33. The Morgan fingerprint density at radius 1 is 1.24 bits per heavy atom. The molecule has 3 fully saturated rings. The van der Waals surface area contributed by atoms with E-state index in [0.717, 1.165) is 36.8 Å². The Morgan fingerprint density at radius 2 is 1.97 bits per heavy atom. The van der Waals surface area contributed by atoms with E-state index in [1.54, 1.807) is 12.1 Å². The molecule has 6 atom stereocenters. The lowest BCUT2D eigenvalue weighted by Gasteiger charge is -2.44. The summed E-state index contributed by atoms with van der Waals surface area (Å²) in [4.78, 5) is 4.29. The average molecular weight is 486 g/mol. The molecule has 0 amide bonds. The van der Waals surface area contributed by atoms with Crippen molar-refractivity contribution in [1.29, 1.82) is 0 Å². The van der Waals surface area contributed by atoms with Crippen molar-refractivity contribution in [1.82, 2.24) is 4.98 Å². The SMILES string of the molecule is C=C1/C(=C\C=C2/CCC[C@]3(C)C([C@H](C)CCS(=O)(=O)c4ccncc4)CC[C@@H]23)C[C@H](O)C[C@H]1O. The van der Waals surface area contributed by atoms with Crippen LogP contribution in [-0.2, 0) is 9.84 Å². The van der Waals surface area contributed by atoms with E-state index in [2.05, 4.69) is 37.6 Å². The predicted molar refractivity (Wildman–Crippen MR) is 135 cm³/mol. The van der Waals surface area contributed by atoms with Crippen molar-refractivity contribution in [2.75, 3.05) is 5.75 Å². The molecule has 0 aliphatic heterocycles. The van der Waals surface area contributed by atoms with Gasteiger partial charge in [-0.25, -0.2) is 8.42 Å². The average Bonchev–Trinajstić information content (AvgIpc) is 3.17. The van der Waals surface area contributed by atoms with Crippen molar-refractivity contribution >= 4 is 9.84 Å². The maximum absolute atomic E-state index is 12.8. The number of hydrogen-bond acceptors (Lipinski definition) is 5. The van der Waals surface area contributed by atoms with Crippen LogP contribution in [0.2, 0.25) is 0 Å². The van der Waals surface area contributed by atoms with Crippen LogP contribution in [0.15, 0.2) is 64.9 Å². The van der Waals surface area contributed by atoms with Gasteiger partial charge in [-0.2, -0.15) is 0 Å². The molecule has 0 saturated heterocycles. The summed E-state index contributed by atoms with van der Waals surface area (Å²) in [5, 5.41) is 20.2. The number of aliphatic hydroxyl groups is 2. The molecule has 0 aromatic carbocycles. The molecule has 0 spiro atoms. The van der Waals surface area contributed by atoms with Crippen LogP contribution in [0, 0.1) is 23.2 Å². The Morgan fingerprint density at radius 3 is 2.71 bits per heavy atom. The second-order valence-corrected chi connectivity index (χ2v) is 13.0. The van der Waals surface area contributed by atoms with Gasteiger partial charge in [-0.3, -0.25) is 4.98 Å². The molecule has 3 saturated carbocycles. The van der Waals surface area contributed by atoms with Gasteiger partial charge in [0.15, 0.2) is 9.84 Å². The van der Waals surface area contributed by atoms with Crippen molar-refractivity contribution < 1.29 is 18.6 Å². The number of rotatable bonds is 6. The quantitative estimate of drug-likeness (QED) is 0.591. The highest BCUT2D eigenvalue weighted by atomic mass is 32.2. The van der Waals surface area contributed by atoms with Crippen LogP contribution < -0.4 is 0 Å². The number of pyridine rings is 1. The Labute approximate surface area is 204 Å². The number of fused-ring (bicyclic) bond motifs is 1. The van der Waals surface area contributed by atoms with Gasteiger partial charge < -0.3 is 10.2 Å². The molecule has 1 unspecified atom stereocenters. The van der Waals surface area contributed by atoms with Crippen molar-refractivity contribution in [3.05, 3.63) is 60.0 Å². The van der Waals surface area contributed by atoms with E-state index in [1.807, 2.05) is 0 Å². The largest absolute Gasteiger partial charge is 0.393 e. The Hall–Kier alpha value is -1.76. The minimum absolute atomic E-state index is 0.178. The van der Waals surface area contributed by atoms with Crippen LogP contribution in [-0.4, -0.2) is 41.6 Å². The van der Waals surface area contributed by atoms with Crippen molar-refractivity contribution in [2.45, 2.75) is 82.3 Å². The van der Waals surface area contributed by atoms with E-state index >= 15 is 0 Å². The zero-order chi connectivity index (χ0) is 24.5. The van der Waals surface area contributed by atoms with Gasteiger partial charge >= 0.3 is 0 Å². The Kier molecular flexibility index (Phi) is 7.51. The maximum Gasteiger partial charge on any atom is 0.178 e. The lowest BCUT2D eigenvalue weighted by molar-refractivity contribution is 0.0861. The number of hydrogen-bond donors (Lipinski definition) is 2. The zero-order valence-corrected chi connectivity index (χ0v) is 21.3. The molecule has 3 aliphatic carbocycles. The van der Waals surface area contributed by atoms with E-state index in [4.69, 9.17) is 0 Å². The first kappa shape index (κ1) is 25.3. The third kappa shape index (κ3) is 5.09. The molecule has 34 heavy (non-hydrogen) atoms. The van der Waals surface area contributed by atoms with Crippen molar-refractivity contribution in [3.63, 3.8) is 0 Å². The van der Waals surface area contributed by atoms with Gasteiger partial charge in [-0.1, -0.05) is 38.2 Å². The fourth-order valence-electron chi connectivity index (χ4n) is 6.88. The first-order valence-electron chi connectivity index (χ1n) is 12.7. The molecule has 1 aromatic rings. The Balaban J connectivity index is 1.46. The van der Waals surface area contributed by atoms with Gasteiger partial charge in [0.1, 0.15) is 0 Å². The molecule has 0 bridgehead atoms. The summed E-state index contributed by atoms with van der Waals surface area (Å²) in [6.07, 6.45) is 13.5. The maximum atomic E-state index is 12.8. The monoisotopic (exact) mass is 485 g/mol. The van der Waals surface area contributed by atoms with Crippen LogP contribution in [0.5, 0.6) is 0 Å². The fraction of sp³-hybridized carbons (Fsp3) is 0.607. The normalized spacial score (nSPS) is 35.5. The van der Waals surface area contributed by atoms with E-state index in [0.29, 0.717) is 41.9 Å². The minimum atomic E-state index is -3.29. The summed E-state index contributed by atoms with van der Waals surface area (Å²) in [6, 6.07) is 3.16. The molecule has 186 valence electrons. The number of aromatic nitrogens is 1. The van der Waals surface area contributed by atoms with E-state index < -0.39 is 22.0 Å². The summed E-state index contributed by atoms with van der Waals surface area (Å²) in [7, 11) is -3.29. The first-order chi connectivity index (χ1) is 16.1. The van der Waals surface area contributed by atoms with E-state index in [-0.39, 0.29) is 11.2 Å².